The Morgan fingerprint density at radius 3 is 2.53 bits per heavy atom. The Hall–Kier alpha value is -0.570. The molecule has 0 bridgehead atoms. The van der Waals surface area contributed by atoms with Crippen molar-refractivity contribution >= 4 is 5.91 Å². The first-order chi connectivity index (χ1) is 8.26. The second-order valence-corrected chi connectivity index (χ2v) is 5.80. The topological polar surface area (TPSA) is 32.3 Å². The van der Waals surface area contributed by atoms with E-state index in [0.717, 1.165) is 19.6 Å². The fraction of sp³-hybridized carbons (Fsp3) is 0.929. The maximum atomic E-state index is 11.9. The molecule has 2 rings (SSSR count). The van der Waals surface area contributed by atoms with E-state index >= 15 is 0 Å². The molecule has 1 aliphatic heterocycles. The van der Waals surface area contributed by atoms with Crippen LogP contribution < -0.4 is 5.32 Å². The molecule has 3 nitrogen and oxygen atoms in total. The zero-order chi connectivity index (χ0) is 12.1. The number of nitrogens with one attached hydrogen (secondary N) is 1. The smallest absolute Gasteiger partial charge is 0.236 e. The van der Waals surface area contributed by atoms with Gasteiger partial charge in [0.2, 0.25) is 5.91 Å². The van der Waals surface area contributed by atoms with E-state index in [1.165, 1.54) is 44.9 Å². The van der Waals surface area contributed by atoms with Crippen molar-refractivity contribution in [3.63, 3.8) is 0 Å². The first-order valence-electron chi connectivity index (χ1n) is 7.24. The van der Waals surface area contributed by atoms with Crippen molar-refractivity contribution in [2.24, 2.45) is 5.41 Å². The van der Waals surface area contributed by atoms with E-state index in [1.807, 2.05) is 4.90 Å². The largest absolute Gasteiger partial charge is 0.342 e. The highest BCUT2D eigenvalue weighted by Gasteiger charge is 2.40. The second-order valence-electron chi connectivity index (χ2n) is 5.80. The van der Waals surface area contributed by atoms with Crippen LogP contribution in [0.1, 0.15) is 51.9 Å². The molecule has 0 aromatic heterocycles. The van der Waals surface area contributed by atoms with Gasteiger partial charge in [-0.05, 0) is 43.9 Å². The predicted molar refractivity (Wildman–Crippen MR) is 69.9 cm³/mol. The number of carbonyl (C=O) groups is 1. The third-order valence-corrected chi connectivity index (χ3v) is 4.22. The normalized spacial score (nSPS) is 22.5. The van der Waals surface area contributed by atoms with Crippen molar-refractivity contribution in [1.82, 2.24) is 10.2 Å². The van der Waals surface area contributed by atoms with E-state index in [1.54, 1.807) is 0 Å². The molecule has 0 spiro atoms. The first kappa shape index (κ1) is 12.9. The highest BCUT2D eigenvalue weighted by atomic mass is 16.2. The number of piperidine rings is 1. The fourth-order valence-corrected chi connectivity index (χ4v) is 2.91. The molecule has 2 aliphatic rings. The van der Waals surface area contributed by atoms with Gasteiger partial charge in [0.1, 0.15) is 0 Å². The van der Waals surface area contributed by atoms with Crippen molar-refractivity contribution < 1.29 is 4.79 Å². The van der Waals surface area contributed by atoms with Crippen LogP contribution in [0.2, 0.25) is 0 Å². The molecule has 0 unspecified atom stereocenters. The van der Waals surface area contributed by atoms with Crippen LogP contribution in [-0.4, -0.2) is 37.0 Å². The molecule has 1 saturated heterocycles. The Kier molecular flexibility index (Phi) is 4.43. The van der Waals surface area contributed by atoms with E-state index in [0.29, 0.717) is 17.9 Å². The third-order valence-electron chi connectivity index (χ3n) is 4.22. The monoisotopic (exact) mass is 238 g/mol. The Balaban J connectivity index is 1.62. The van der Waals surface area contributed by atoms with Crippen molar-refractivity contribution in [1.29, 1.82) is 0 Å². The minimum atomic E-state index is 0.303. The molecule has 1 N–H and O–H groups in total. The molecule has 1 aliphatic carbocycles. The highest BCUT2D eigenvalue weighted by Crippen LogP contribution is 2.48. The summed E-state index contributed by atoms with van der Waals surface area (Å²) in [6, 6.07) is 0. The van der Waals surface area contributed by atoms with Crippen LogP contribution in [-0.2, 0) is 4.79 Å². The Morgan fingerprint density at radius 1 is 1.24 bits per heavy atom. The van der Waals surface area contributed by atoms with E-state index in [2.05, 4.69) is 12.2 Å². The number of amides is 1. The zero-order valence-corrected chi connectivity index (χ0v) is 11.1. The van der Waals surface area contributed by atoms with Crippen LogP contribution in [0.5, 0.6) is 0 Å². The molecule has 1 heterocycles. The van der Waals surface area contributed by atoms with Gasteiger partial charge in [-0.2, -0.15) is 0 Å². The van der Waals surface area contributed by atoms with Crippen LogP contribution in [0.3, 0.4) is 0 Å². The minimum absolute atomic E-state index is 0.303. The van der Waals surface area contributed by atoms with Gasteiger partial charge in [0, 0.05) is 19.6 Å². The van der Waals surface area contributed by atoms with Gasteiger partial charge in [0.25, 0.3) is 0 Å². The third kappa shape index (κ3) is 3.70. The summed E-state index contributed by atoms with van der Waals surface area (Å²) in [5.74, 6) is 0.303. The van der Waals surface area contributed by atoms with Gasteiger partial charge in [-0.25, -0.2) is 0 Å². The Labute approximate surface area is 105 Å². The fourth-order valence-electron chi connectivity index (χ4n) is 2.91. The van der Waals surface area contributed by atoms with Gasteiger partial charge in [-0.15, -0.1) is 0 Å². The van der Waals surface area contributed by atoms with E-state index in [9.17, 15) is 4.79 Å². The van der Waals surface area contributed by atoms with Gasteiger partial charge >= 0.3 is 0 Å². The number of hydrogen-bond acceptors (Lipinski definition) is 2. The van der Waals surface area contributed by atoms with E-state index in [-0.39, 0.29) is 0 Å². The molecule has 0 atom stereocenters. The van der Waals surface area contributed by atoms with Crippen LogP contribution in [0.15, 0.2) is 0 Å². The molecule has 1 amide bonds. The van der Waals surface area contributed by atoms with Gasteiger partial charge < -0.3 is 10.2 Å². The molecule has 98 valence electrons. The summed E-state index contributed by atoms with van der Waals surface area (Å²) >= 11 is 0. The zero-order valence-electron chi connectivity index (χ0n) is 11.1. The predicted octanol–water partition coefficient (Wildman–Crippen LogP) is 2.17. The first-order valence-corrected chi connectivity index (χ1v) is 7.24. The summed E-state index contributed by atoms with van der Waals surface area (Å²) in [5, 5.41) is 3.38. The lowest BCUT2D eigenvalue weighted by Crippen LogP contribution is -2.42. The second kappa shape index (κ2) is 5.85. The van der Waals surface area contributed by atoms with Crippen LogP contribution in [0, 0.1) is 5.41 Å². The summed E-state index contributed by atoms with van der Waals surface area (Å²) in [4.78, 5) is 13.9. The van der Waals surface area contributed by atoms with Crippen LogP contribution in [0.4, 0.5) is 0 Å². The molecule has 3 heteroatoms. The molecule has 2 fully saturated rings. The number of hydrogen-bond donors (Lipinski definition) is 1. The molecule has 1 saturated carbocycles. The highest BCUT2D eigenvalue weighted by molar-refractivity contribution is 5.78. The number of rotatable bonds is 6. The van der Waals surface area contributed by atoms with Crippen molar-refractivity contribution in [3.8, 4) is 0 Å². The summed E-state index contributed by atoms with van der Waals surface area (Å²) in [7, 11) is 0. The lowest BCUT2D eigenvalue weighted by molar-refractivity contribution is -0.131. The maximum Gasteiger partial charge on any atom is 0.236 e. The molecular weight excluding hydrogens is 212 g/mol. The molecule has 0 aromatic rings. The van der Waals surface area contributed by atoms with Gasteiger partial charge in [0.15, 0.2) is 0 Å². The lowest BCUT2D eigenvalue weighted by atomic mass is 10.0. The van der Waals surface area contributed by atoms with E-state index < -0.39 is 0 Å². The summed E-state index contributed by atoms with van der Waals surface area (Å²) in [5.41, 5.74) is 0.553. The average molecular weight is 238 g/mol. The van der Waals surface area contributed by atoms with Crippen LogP contribution >= 0.6 is 0 Å². The van der Waals surface area contributed by atoms with Crippen molar-refractivity contribution in [2.75, 3.05) is 26.2 Å². The Bertz CT molecular complexity index is 255. The standard InChI is InChI=1S/C14H26N2O/c1-2-6-14(7-8-14)12-15-11-13(17)16-9-4-3-5-10-16/h15H,2-12H2,1H3. The SMILES string of the molecule is CCCC1(CNCC(=O)N2CCCCC2)CC1. The maximum absolute atomic E-state index is 11.9. The summed E-state index contributed by atoms with van der Waals surface area (Å²) in [6.07, 6.45) is 8.95. The number of nitrogens with zero attached hydrogens (tertiary/aromatic N) is 1. The van der Waals surface area contributed by atoms with Crippen LogP contribution in [0.25, 0.3) is 0 Å². The van der Waals surface area contributed by atoms with Gasteiger partial charge in [-0.1, -0.05) is 13.3 Å². The van der Waals surface area contributed by atoms with Gasteiger partial charge in [0.05, 0.1) is 6.54 Å². The summed E-state index contributed by atoms with van der Waals surface area (Å²) in [6.45, 7) is 5.78. The molecule has 0 aromatic carbocycles. The quantitative estimate of drug-likeness (QED) is 0.769. The molecule has 0 radical (unpaired) electrons. The average Bonchev–Trinajstić information content (AvgIpc) is 3.11. The number of likely N-dealkylation sites (tertiary alicyclic amines) is 1. The number of carbonyl (C=O) groups excluding carboxylic acids is 1. The van der Waals surface area contributed by atoms with E-state index in [4.69, 9.17) is 0 Å². The lowest BCUT2D eigenvalue weighted by Gasteiger charge is -2.27. The van der Waals surface area contributed by atoms with Gasteiger partial charge in [-0.3, -0.25) is 4.79 Å². The van der Waals surface area contributed by atoms with Crippen molar-refractivity contribution in [3.05, 3.63) is 0 Å². The molecular formula is C14H26N2O. The van der Waals surface area contributed by atoms with Crippen molar-refractivity contribution in [2.45, 2.75) is 51.9 Å². The molecule has 17 heavy (non-hydrogen) atoms. The minimum Gasteiger partial charge on any atom is -0.342 e. The summed E-state index contributed by atoms with van der Waals surface area (Å²) < 4.78 is 0. The Morgan fingerprint density at radius 2 is 1.94 bits per heavy atom.